The van der Waals surface area contributed by atoms with Gasteiger partial charge in [-0.25, -0.2) is 0 Å². The van der Waals surface area contributed by atoms with Crippen LogP contribution in [0.25, 0.3) is 10.9 Å². The standard InChI is InChI=1S/C24H29N5O2.HI/c1-25-24(26-13-6-15-28-17-12-19-8-2-3-9-20(19)28)27-14-7-16-29-21-10-4-5-11-22(21)31-18-23(29)30;/h2-5,8-12,17H,6-7,13-16,18H2,1H3,(H2,25,26,27);1H. The lowest BCUT2D eigenvalue weighted by molar-refractivity contribution is -0.121. The van der Waals surface area contributed by atoms with Crippen molar-refractivity contribution < 1.29 is 9.53 Å². The molecule has 0 spiro atoms. The molecule has 8 heteroatoms. The van der Waals surface area contributed by atoms with Gasteiger partial charge in [0.05, 0.1) is 5.69 Å². The molecular formula is C24H30IN5O2. The predicted molar refractivity (Wildman–Crippen MR) is 140 cm³/mol. The number of halogens is 1. The number of aryl methyl sites for hydroxylation is 1. The van der Waals surface area contributed by atoms with Crippen molar-refractivity contribution in [3.8, 4) is 5.75 Å². The second-order valence-electron chi connectivity index (χ2n) is 7.50. The van der Waals surface area contributed by atoms with E-state index in [4.69, 9.17) is 4.74 Å². The molecule has 0 bridgehead atoms. The second kappa shape index (κ2) is 11.8. The molecule has 170 valence electrons. The molecule has 1 aliphatic heterocycles. The van der Waals surface area contributed by atoms with Crippen molar-refractivity contribution in [3.05, 3.63) is 60.8 Å². The Balaban J connectivity index is 0.00000289. The third-order valence-electron chi connectivity index (χ3n) is 5.43. The van der Waals surface area contributed by atoms with Crippen LogP contribution in [0.15, 0.2) is 65.8 Å². The van der Waals surface area contributed by atoms with Crippen LogP contribution in [0, 0.1) is 0 Å². The monoisotopic (exact) mass is 547 g/mol. The largest absolute Gasteiger partial charge is 0.482 e. The van der Waals surface area contributed by atoms with Crippen LogP contribution >= 0.6 is 24.0 Å². The summed E-state index contributed by atoms with van der Waals surface area (Å²) in [7, 11) is 1.77. The molecule has 0 aliphatic carbocycles. The molecule has 7 nitrogen and oxygen atoms in total. The lowest BCUT2D eigenvalue weighted by atomic mass is 10.2. The molecule has 2 heterocycles. The maximum atomic E-state index is 12.2. The first kappa shape index (κ1) is 23.9. The van der Waals surface area contributed by atoms with Crippen LogP contribution in [0.5, 0.6) is 5.75 Å². The van der Waals surface area contributed by atoms with Crippen molar-refractivity contribution in [1.82, 2.24) is 15.2 Å². The minimum absolute atomic E-state index is 0. The highest BCUT2D eigenvalue weighted by Gasteiger charge is 2.24. The summed E-state index contributed by atoms with van der Waals surface area (Å²) in [5, 5.41) is 7.97. The van der Waals surface area contributed by atoms with Crippen LogP contribution in [0.1, 0.15) is 12.8 Å². The first-order valence-corrected chi connectivity index (χ1v) is 10.8. The van der Waals surface area contributed by atoms with Gasteiger partial charge in [0, 0.05) is 44.9 Å². The molecule has 3 aromatic rings. The number of ether oxygens (including phenoxy) is 1. The second-order valence-corrected chi connectivity index (χ2v) is 7.50. The maximum Gasteiger partial charge on any atom is 0.265 e. The summed E-state index contributed by atoms with van der Waals surface area (Å²) >= 11 is 0. The quantitative estimate of drug-likeness (QED) is 0.196. The summed E-state index contributed by atoms with van der Waals surface area (Å²) in [6.07, 6.45) is 3.96. The number of benzene rings is 2. The Labute approximate surface area is 205 Å². The van der Waals surface area contributed by atoms with Gasteiger partial charge in [0.1, 0.15) is 5.75 Å². The summed E-state index contributed by atoms with van der Waals surface area (Å²) in [5.74, 6) is 1.55. The SMILES string of the molecule is CN=C(NCCCN1C(=O)COc2ccccc21)NCCCn1ccc2ccccc21.I. The molecule has 1 amide bonds. The van der Waals surface area contributed by atoms with Crippen molar-refractivity contribution in [2.24, 2.45) is 4.99 Å². The van der Waals surface area contributed by atoms with Gasteiger partial charge >= 0.3 is 0 Å². The zero-order valence-corrected chi connectivity index (χ0v) is 20.6. The highest BCUT2D eigenvalue weighted by atomic mass is 127. The summed E-state index contributed by atoms with van der Waals surface area (Å²) in [6.45, 7) is 3.26. The Morgan fingerprint density at radius 1 is 1.00 bits per heavy atom. The number of hydrogen-bond acceptors (Lipinski definition) is 3. The number of carbonyl (C=O) groups excluding carboxylic acids is 1. The average Bonchev–Trinajstić information content (AvgIpc) is 3.22. The number of fused-ring (bicyclic) bond motifs is 2. The number of nitrogens with one attached hydrogen (secondary N) is 2. The van der Waals surface area contributed by atoms with E-state index < -0.39 is 0 Å². The van der Waals surface area contributed by atoms with E-state index in [1.165, 1.54) is 10.9 Å². The smallest absolute Gasteiger partial charge is 0.265 e. The van der Waals surface area contributed by atoms with Gasteiger partial charge in [-0.3, -0.25) is 9.79 Å². The minimum atomic E-state index is -0.00116. The summed E-state index contributed by atoms with van der Waals surface area (Å²) in [6, 6.07) is 18.3. The fourth-order valence-corrected chi connectivity index (χ4v) is 3.86. The molecule has 4 rings (SSSR count). The van der Waals surface area contributed by atoms with Crippen molar-refractivity contribution in [2.75, 3.05) is 38.2 Å². The van der Waals surface area contributed by atoms with Crippen molar-refractivity contribution in [3.63, 3.8) is 0 Å². The Morgan fingerprint density at radius 3 is 2.53 bits per heavy atom. The van der Waals surface area contributed by atoms with E-state index >= 15 is 0 Å². The number of guanidine groups is 1. The van der Waals surface area contributed by atoms with E-state index in [1.807, 2.05) is 24.3 Å². The van der Waals surface area contributed by atoms with Crippen LogP contribution in [-0.4, -0.2) is 49.7 Å². The van der Waals surface area contributed by atoms with E-state index in [1.54, 1.807) is 11.9 Å². The molecule has 0 saturated heterocycles. The van der Waals surface area contributed by atoms with Crippen molar-refractivity contribution in [2.45, 2.75) is 19.4 Å². The van der Waals surface area contributed by atoms with Crippen LogP contribution < -0.4 is 20.3 Å². The zero-order chi connectivity index (χ0) is 21.5. The number of anilines is 1. The minimum Gasteiger partial charge on any atom is -0.482 e. The molecule has 32 heavy (non-hydrogen) atoms. The van der Waals surface area contributed by atoms with Gasteiger partial charge in [0.2, 0.25) is 0 Å². The first-order valence-electron chi connectivity index (χ1n) is 10.8. The van der Waals surface area contributed by atoms with Crippen molar-refractivity contribution in [1.29, 1.82) is 0 Å². The Hall–Kier alpha value is -2.75. The molecule has 0 unspecified atom stereocenters. The predicted octanol–water partition coefficient (Wildman–Crippen LogP) is 3.63. The number of hydrogen-bond donors (Lipinski definition) is 2. The van der Waals surface area contributed by atoms with E-state index in [0.29, 0.717) is 6.54 Å². The van der Waals surface area contributed by atoms with E-state index in [0.717, 1.165) is 49.9 Å². The number of aliphatic imine (C=N–C) groups is 1. The molecule has 0 atom stereocenters. The summed E-state index contributed by atoms with van der Waals surface area (Å²) < 4.78 is 7.78. The molecule has 2 aromatic carbocycles. The number of nitrogens with zero attached hydrogens (tertiary/aromatic N) is 3. The van der Waals surface area contributed by atoms with Gasteiger partial charge < -0.3 is 24.8 Å². The number of rotatable bonds is 8. The molecule has 0 saturated carbocycles. The number of amides is 1. The van der Waals surface area contributed by atoms with Gasteiger partial charge in [0.25, 0.3) is 5.91 Å². The Bertz CT molecular complexity index is 1070. The summed E-state index contributed by atoms with van der Waals surface area (Å²) in [4.78, 5) is 18.3. The topological polar surface area (TPSA) is 70.9 Å². The van der Waals surface area contributed by atoms with Crippen LogP contribution in [0.4, 0.5) is 5.69 Å². The highest BCUT2D eigenvalue weighted by Crippen LogP contribution is 2.31. The van der Waals surface area contributed by atoms with Crippen LogP contribution in [-0.2, 0) is 11.3 Å². The lowest BCUT2D eigenvalue weighted by Crippen LogP contribution is -2.42. The number of para-hydroxylation sites is 3. The van der Waals surface area contributed by atoms with E-state index in [-0.39, 0.29) is 36.5 Å². The van der Waals surface area contributed by atoms with Gasteiger partial charge in [0.15, 0.2) is 12.6 Å². The number of carbonyl (C=O) groups is 1. The molecule has 0 radical (unpaired) electrons. The highest BCUT2D eigenvalue weighted by molar-refractivity contribution is 14.0. The summed E-state index contributed by atoms with van der Waals surface area (Å²) in [5.41, 5.74) is 2.11. The van der Waals surface area contributed by atoms with Gasteiger partial charge in [-0.15, -0.1) is 24.0 Å². The molecular weight excluding hydrogens is 517 g/mol. The third kappa shape index (κ3) is 5.73. The molecule has 0 fully saturated rings. The molecule has 1 aliphatic rings. The Kier molecular flexibility index (Phi) is 8.78. The van der Waals surface area contributed by atoms with E-state index in [2.05, 4.69) is 56.7 Å². The third-order valence-corrected chi connectivity index (χ3v) is 5.43. The normalized spacial score (nSPS) is 13.3. The fraction of sp³-hybridized carbons (Fsp3) is 0.333. The van der Waals surface area contributed by atoms with Crippen LogP contribution in [0.2, 0.25) is 0 Å². The first-order chi connectivity index (χ1) is 15.3. The van der Waals surface area contributed by atoms with Crippen LogP contribution in [0.3, 0.4) is 0 Å². The zero-order valence-electron chi connectivity index (χ0n) is 18.3. The lowest BCUT2D eigenvalue weighted by Gasteiger charge is -2.29. The van der Waals surface area contributed by atoms with Gasteiger partial charge in [-0.05, 0) is 42.5 Å². The fourth-order valence-electron chi connectivity index (χ4n) is 3.86. The molecule has 1 aromatic heterocycles. The van der Waals surface area contributed by atoms with Gasteiger partial charge in [-0.2, -0.15) is 0 Å². The van der Waals surface area contributed by atoms with E-state index in [9.17, 15) is 4.79 Å². The Morgan fingerprint density at radius 2 is 1.72 bits per heavy atom. The van der Waals surface area contributed by atoms with Crippen molar-refractivity contribution >= 4 is 52.4 Å². The number of aromatic nitrogens is 1. The average molecular weight is 547 g/mol. The maximum absolute atomic E-state index is 12.2. The molecule has 2 N–H and O–H groups in total. The van der Waals surface area contributed by atoms with Gasteiger partial charge in [-0.1, -0.05) is 30.3 Å².